The van der Waals surface area contributed by atoms with Gasteiger partial charge in [-0.1, -0.05) is 24.3 Å². The Morgan fingerprint density at radius 3 is 1.97 bits per heavy atom. The van der Waals surface area contributed by atoms with E-state index in [2.05, 4.69) is 5.32 Å². The van der Waals surface area contributed by atoms with E-state index in [1.807, 2.05) is 52.0 Å². The van der Waals surface area contributed by atoms with Gasteiger partial charge >= 0.3 is 7.12 Å². The number of amides is 1. The quantitative estimate of drug-likeness (QED) is 0.736. The lowest BCUT2D eigenvalue weighted by atomic mass is 9.55. The normalized spacial score (nSPS) is 24.0. The third kappa shape index (κ3) is 3.40. The molecule has 162 valence electrons. The summed E-state index contributed by atoms with van der Waals surface area (Å²) < 4.78 is 25.6. The summed E-state index contributed by atoms with van der Waals surface area (Å²) >= 11 is 0. The van der Waals surface area contributed by atoms with E-state index in [0.29, 0.717) is 11.1 Å². The number of carbonyl (C=O) groups is 1. The van der Waals surface area contributed by atoms with Gasteiger partial charge in [-0.15, -0.1) is 0 Å². The molecule has 5 rings (SSSR count). The molecular formula is C25H29BFNO3. The van der Waals surface area contributed by atoms with Gasteiger partial charge in [0, 0.05) is 5.69 Å². The fraction of sp³-hybridized carbons (Fsp3) is 0.480. The van der Waals surface area contributed by atoms with Crippen LogP contribution in [0.25, 0.3) is 0 Å². The molecule has 0 aromatic heterocycles. The number of hydrogen-bond donors (Lipinski definition) is 1. The van der Waals surface area contributed by atoms with Crippen LogP contribution in [0.3, 0.4) is 0 Å². The van der Waals surface area contributed by atoms with Crippen molar-refractivity contribution >= 4 is 24.2 Å². The van der Waals surface area contributed by atoms with E-state index in [4.69, 9.17) is 9.31 Å². The summed E-state index contributed by atoms with van der Waals surface area (Å²) in [6.45, 7) is 8.17. The summed E-state index contributed by atoms with van der Waals surface area (Å²) in [5.74, 6) is -0.327. The molecule has 1 saturated heterocycles. The SMILES string of the molecule is CC1(C)OB(c2ccc(C3(C(=O)Nc4ccc(F)cc4)CC4(CC4)C3)cc2)OC1(C)C. The molecule has 2 aromatic rings. The van der Waals surface area contributed by atoms with Crippen molar-refractivity contribution in [1.82, 2.24) is 0 Å². The minimum Gasteiger partial charge on any atom is -0.399 e. The Bertz CT molecular complexity index is 988. The number of carbonyl (C=O) groups excluding carboxylic acids is 1. The number of nitrogens with one attached hydrogen (secondary N) is 1. The molecule has 1 spiro atoms. The summed E-state index contributed by atoms with van der Waals surface area (Å²) in [5, 5.41) is 3.01. The van der Waals surface area contributed by atoms with E-state index in [1.54, 1.807) is 12.1 Å². The number of halogens is 1. The highest BCUT2D eigenvalue weighted by atomic mass is 19.1. The fourth-order valence-electron chi connectivity index (χ4n) is 4.98. The standard InChI is InChI=1S/C25H29BFNO3/c1-22(2)23(3,4)31-26(30-22)18-7-5-17(6-8-18)25(15-24(16-25)13-14-24)21(29)28-20-11-9-19(27)10-12-20/h5-12H,13-16H2,1-4H3,(H,28,29). The number of anilines is 1. The van der Waals surface area contributed by atoms with E-state index in [0.717, 1.165) is 23.9 Å². The largest absolute Gasteiger partial charge is 0.494 e. The molecule has 1 amide bonds. The highest BCUT2D eigenvalue weighted by Crippen LogP contribution is 2.69. The van der Waals surface area contributed by atoms with Crippen molar-refractivity contribution in [1.29, 1.82) is 0 Å². The second-order valence-electron chi connectivity index (χ2n) is 10.6. The summed E-state index contributed by atoms with van der Waals surface area (Å²) in [6, 6.07) is 14.1. The first kappa shape index (κ1) is 20.7. The van der Waals surface area contributed by atoms with E-state index in [-0.39, 0.29) is 22.9 Å². The van der Waals surface area contributed by atoms with Crippen LogP contribution in [0, 0.1) is 11.2 Å². The maximum absolute atomic E-state index is 13.4. The number of rotatable bonds is 4. The van der Waals surface area contributed by atoms with Gasteiger partial charge in [-0.05, 0) is 94.1 Å². The van der Waals surface area contributed by atoms with Crippen molar-refractivity contribution in [3.05, 3.63) is 59.9 Å². The molecule has 1 N–H and O–H groups in total. The second-order valence-corrected chi connectivity index (χ2v) is 10.6. The lowest BCUT2D eigenvalue weighted by Gasteiger charge is -2.47. The van der Waals surface area contributed by atoms with Crippen LogP contribution in [-0.4, -0.2) is 24.2 Å². The zero-order valence-electron chi connectivity index (χ0n) is 18.6. The van der Waals surface area contributed by atoms with Crippen LogP contribution in [0.15, 0.2) is 48.5 Å². The maximum Gasteiger partial charge on any atom is 0.494 e. The van der Waals surface area contributed by atoms with Crippen LogP contribution >= 0.6 is 0 Å². The zero-order chi connectivity index (χ0) is 22.1. The number of benzene rings is 2. The van der Waals surface area contributed by atoms with Crippen LogP contribution < -0.4 is 10.8 Å². The molecule has 2 aliphatic carbocycles. The van der Waals surface area contributed by atoms with E-state index < -0.39 is 12.5 Å². The third-order valence-electron chi connectivity index (χ3n) is 7.84. The maximum atomic E-state index is 13.4. The molecule has 1 aliphatic heterocycles. The predicted molar refractivity (Wildman–Crippen MR) is 120 cm³/mol. The third-order valence-corrected chi connectivity index (χ3v) is 7.84. The molecule has 2 aromatic carbocycles. The van der Waals surface area contributed by atoms with Crippen molar-refractivity contribution in [2.75, 3.05) is 5.32 Å². The Labute approximate surface area is 183 Å². The van der Waals surface area contributed by atoms with Gasteiger partial charge in [0.05, 0.1) is 16.6 Å². The first-order valence-electron chi connectivity index (χ1n) is 11.1. The highest BCUT2D eigenvalue weighted by molar-refractivity contribution is 6.62. The lowest BCUT2D eigenvalue weighted by Crippen LogP contribution is -2.51. The number of hydrogen-bond acceptors (Lipinski definition) is 3. The van der Waals surface area contributed by atoms with Gasteiger partial charge < -0.3 is 14.6 Å². The highest BCUT2D eigenvalue weighted by Gasteiger charge is 2.64. The molecule has 3 fully saturated rings. The van der Waals surface area contributed by atoms with Crippen LogP contribution in [0.4, 0.5) is 10.1 Å². The van der Waals surface area contributed by atoms with Gasteiger partial charge in [-0.25, -0.2) is 4.39 Å². The Morgan fingerprint density at radius 2 is 1.45 bits per heavy atom. The van der Waals surface area contributed by atoms with Gasteiger partial charge in [0.2, 0.25) is 5.91 Å². The van der Waals surface area contributed by atoms with E-state index in [1.165, 1.54) is 25.0 Å². The van der Waals surface area contributed by atoms with Crippen molar-refractivity contribution < 1.29 is 18.5 Å². The molecule has 0 atom stereocenters. The Hall–Kier alpha value is -2.18. The Kier molecular flexibility index (Phi) is 4.45. The molecule has 0 unspecified atom stereocenters. The monoisotopic (exact) mass is 421 g/mol. The first-order chi connectivity index (χ1) is 14.5. The van der Waals surface area contributed by atoms with Gasteiger partial charge in [-0.3, -0.25) is 4.79 Å². The van der Waals surface area contributed by atoms with Crippen molar-refractivity contribution in [2.24, 2.45) is 5.41 Å². The summed E-state index contributed by atoms with van der Waals surface area (Å²) in [4.78, 5) is 13.4. The average molecular weight is 421 g/mol. The van der Waals surface area contributed by atoms with Crippen molar-refractivity contribution in [2.45, 2.75) is 70.0 Å². The van der Waals surface area contributed by atoms with Gasteiger partial charge in [-0.2, -0.15) is 0 Å². The Balaban J connectivity index is 1.38. The van der Waals surface area contributed by atoms with Crippen LogP contribution in [-0.2, 0) is 19.5 Å². The smallest absolute Gasteiger partial charge is 0.399 e. The summed E-state index contributed by atoms with van der Waals surface area (Å²) in [6.07, 6.45) is 4.13. The molecule has 0 radical (unpaired) electrons. The minimum absolute atomic E-state index is 0.0139. The molecule has 31 heavy (non-hydrogen) atoms. The van der Waals surface area contributed by atoms with Gasteiger partial charge in [0.15, 0.2) is 0 Å². The predicted octanol–water partition coefficient (Wildman–Crippen LogP) is 4.58. The van der Waals surface area contributed by atoms with Crippen molar-refractivity contribution in [3.63, 3.8) is 0 Å². The van der Waals surface area contributed by atoms with Gasteiger partial charge in [0.1, 0.15) is 5.82 Å². The minimum atomic E-state index is -0.542. The molecule has 6 heteroatoms. The molecule has 3 aliphatic rings. The first-order valence-corrected chi connectivity index (χ1v) is 11.1. The molecule has 2 saturated carbocycles. The zero-order valence-corrected chi connectivity index (χ0v) is 18.6. The molecular weight excluding hydrogens is 392 g/mol. The van der Waals surface area contributed by atoms with Crippen molar-refractivity contribution in [3.8, 4) is 0 Å². The Morgan fingerprint density at radius 1 is 0.903 bits per heavy atom. The van der Waals surface area contributed by atoms with Crippen LogP contribution in [0.2, 0.25) is 0 Å². The summed E-state index contributed by atoms with van der Waals surface area (Å²) in [5.41, 5.74) is 1.61. The molecule has 0 bridgehead atoms. The fourth-order valence-corrected chi connectivity index (χ4v) is 4.98. The second kappa shape index (κ2) is 6.66. The molecule has 4 nitrogen and oxygen atoms in total. The van der Waals surface area contributed by atoms with Crippen LogP contribution in [0.1, 0.15) is 58.9 Å². The molecule has 1 heterocycles. The van der Waals surface area contributed by atoms with E-state index in [9.17, 15) is 9.18 Å². The van der Waals surface area contributed by atoms with E-state index >= 15 is 0 Å². The summed E-state index contributed by atoms with van der Waals surface area (Å²) in [7, 11) is -0.417. The topological polar surface area (TPSA) is 47.6 Å². The van der Waals surface area contributed by atoms with Crippen LogP contribution in [0.5, 0.6) is 0 Å². The van der Waals surface area contributed by atoms with Gasteiger partial charge in [0.25, 0.3) is 0 Å². The average Bonchev–Trinajstić information content (AvgIpc) is 3.44. The lowest BCUT2D eigenvalue weighted by molar-refractivity contribution is -0.127.